The second kappa shape index (κ2) is 13.0. The van der Waals surface area contributed by atoms with E-state index in [0.29, 0.717) is 0 Å². The number of anilines is 6. The van der Waals surface area contributed by atoms with Gasteiger partial charge in [-0.15, -0.1) is 36.0 Å². The summed E-state index contributed by atoms with van der Waals surface area (Å²) in [6.07, 6.45) is 6.19. The summed E-state index contributed by atoms with van der Waals surface area (Å²) in [5, 5.41) is 8.32. The third kappa shape index (κ3) is 6.19. The number of nitrogens with zero attached hydrogens (tertiary/aromatic N) is 4. The maximum absolute atomic E-state index is 8.32. The van der Waals surface area contributed by atoms with Crippen molar-refractivity contribution >= 4 is 34.1 Å². The Morgan fingerprint density at radius 3 is 1.71 bits per heavy atom. The molecule has 0 atom stereocenters. The quantitative estimate of drug-likeness (QED) is 0.235. The van der Waals surface area contributed by atoms with Crippen LogP contribution in [0.25, 0.3) is 0 Å². The van der Waals surface area contributed by atoms with Gasteiger partial charge in [-0.25, -0.2) is 0 Å². The van der Waals surface area contributed by atoms with Crippen molar-refractivity contribution in [2.45, 2.75) is 25.7 Å². The van der Waals surface area contributed by atoms with E-state index in [0.717, 1.165) is 37.1 Å². The van der Waals surface area contributed by atoms with Gasteiger partial charge < -0.3 is 38.1 Å². The van der Waals surface area contributed by atoms with E-state index >= 15 is 0 Å². The number of unbranched alkanes of at least 4 members (excludes halogenated alkanes) is 4. The van der Waals surface area contributed by atoms with Crippen LogP contribution in [0.5, 0.6) is 0 Å². The van der Waals surface area contributed by atoms with Crippen molar-refractivity contribution in [2.24, 2.45) is 0 Å². The Kier molecular flexibility index (Phi) is 10.0. The van der Waals surface area contributed by atoms with Crippen molar-refractivity contribution in [2.75, 3.05) is 40.3 Å². The minimum atomic E-state index is 0. The molecule has 0 spiro atoms. The molecule has 0 saturated heterocycles. The van der Waals surface area contributed by atoms with E-state index in [1.807, 2.05) is 0 Å². The molecular weight excluding hydrogens is 613 g/mol. The van der Waals surface area contributed by atoms with Crippen LogP contribution in [-0.4, -0.2) is 25.8 Å². The average molecular weight is 646 g/mol. The number of hydrogen-bond donors (Lipinski definition) is 1. The molecule has 1 radical (unpaired) electrons. The summed E-state index contributed by atoms with van der Waals surface area (Å²) in [5.74, 6) is 0. The van der Waals surface area contributed by atoms with Gasteiger partial charge in [0.15, 0.2) is 0 Å². The van der Waals surface area contributed by atoms with Gasteiger partial charge in [-0.2, -0.15) is 38.7 Å². The van der Waals surface area contributed by atoms with Gasteiger partial charge in [0, 0.05) is 49.5 Å². The molecule has 0 fully saturated rings. The van der Waals surface area contributed by atoms with Gasteiger partial charge in [-0.3, -0.25) is 0 Å². The van der Waals surface area contributed by atoms with Crippen LogP contribution in [-0.2, 0) is 20.1 Å². The summed E-state index contributed by atoms with van der Waals surface area (Å²) < 4.78 is 0. The number of aliphatic hydroxyl groups is 1. The number of aliphatic hydroxyl groups excluding tert-OH is 1. The summed E-state index contributed by atoms with van der Waals surface area (Å²) in [5.41, 5.74) is 6.80. The Bertz CT molecular complexity index is 995. The van der Waals surface area contributed by atoms with Gasteiger partial charge in [0.05, 0.1) is 0 Å². The van der Waals surface area contributed by atoms with Gasteiger partial charge >= 0.3 is 0 Å². The van der Waals surface area contributed by atoms with Crippen LogP contribution in [0.3, 0.4) is 0 Å². The largest absolute Gasteiger partial charge is 0.504 e. The Morgan fingerprint density at radius 1 is 0.771 bits per heavy atom. The molecule has 189 valence electrons. The number of fused-ring (bicyclic) bond motifs is 2. The molecule has 5 nitrogen and oxygen atoms in total. The van der Waals surface area contributed by atoms with E-state index in [2.05, 4.69) is 133 Å². The average Bonchev–Trinajstić information content (AvgIpc) is 3.40. The van der Waals surface area contributed by atoms with Gasteiger partial charge in [-0.1, -0.05) is 24.3 Å². The molecule has 0 bridgehead atoms. The molecule has 5 rings (SSSR count). The molecular formula is C29H33IrN4O-5. The normalized spacial score (nSPS) is 13.7. The van der Waals surface area contributed by atoms with Gasteiger partial charge in [0.2, 0.25) is 0 Å². The first-order valence-electron chi connectivity index (χ1n) is 11.8. The van der Waals surface area contributed by atoms with Crippen LogP contribution in [0.1, 0.15) is 25.7 Å². The van der Waals surface area contributed by atoms with E-state index in [1.54, 1.807) is 0 Å². The topological polar surface area (TPSA) is 33.2 Å². The molecule has 3 aromatic carbocycles. The van der Waals surface area contributed by atoms with Crippen molar-refractivity contribution in [1.82, 2.24) is 0 Å². The maximum Gasteiger partial charge on any atom is 0.0326 e. The number of para-hydroxylation sites is 4. The third-order valence-corrected chi connectivity index (χ3v) is 5.89. The van der Waals surface area contributed by atoms with E-state index in [1.165, 1.54) is 22.7 Å². The molecule has 2 aliphatic rings. The second-order valence-corrected chi connectivity index (χ2v) is 8.39. The number of benzene rings is 3. The molecule has 2 aliphatic heterocycles. The first kappa shape index (κ1) is 27.1. The SMILES string of the molecule is CN1[CH-]N(c2[c-]c(N3[CH-]N(C)c4ccccc43)ccc2)c2ccccc21.[CH2-]CCC[CH-]CCO.[Ir]. The second-order valence-electron chi connectivity index (χ2n) is 8.39. The standard InChI is InChI=1S/C22H19N4.C7H14O.Ir/c1-23-15-25(21-12-5-3-10-19(21)23)17-8-7-9-18(14-17)26-16-24(2)20-11-4-6-13-22(20)26;1-2-3-4-5-6-7-8;/h3-13,15-16H,1-2H3;5,8H,1-4,6-7H2;/q-3;-2;. The summed E-state index contributed by atoms with van der Waals surface area (Å²) >= 11 is 0. The summed E-state index contributed by atoms with van der Waals surface area (Å²) in [6, 6.07) is 26.7. The van der Waals surface area contributed by atoms with Gasteiger partial charge in [0.1, 0.15) is 0 Å². The van der Waals surface area contributed by atoms with Crippen molar-refractivity contribution in [3.05, 3.63) is 99.5 Å². The van der Waals surface area contributed by atoms with E-state index < -0.39 is 0 Å². The van der Waals surface area contributed by atoms with Crippen molar-refractivity contribution in [3.63, 3.8) is 0 Å². The van der Waals surface area contributed by atoms with Gasteiger partial charge in [-0.05, 0) is 38.4 Å². The van der Waals surface area contributed by atoms with Crippen molar-refractivity contribution in [1.29, 1.82) is 0 Å². The first-order chi connectivity index (χ1) is 16.6. The zero-order valence-corrected chi connectivity index (χ0v) is 22.8. The molecule has 6 heteroatoms. The molecule has 0 saturated carbocycles. The van der Waals surface area contributed by atoms with Crippen molar-refractivity contribution in [3.8, 4) is 0 Å². The minimum Gasteiger partial charge on any atom is -0.504 e. The fourth-order valence-electron chi connectivity index (χ4n) is 4.16. The summed E-state index contributed by atoms with van der Waals surface area (Å²) in [6.45, 7) is 8.20. The predicted molar refractivity (Wildman–Crippen MR) is 143 cm³/mol. The monoisotopic (exact) mass is 646 g/mol. The molecule has 0 amide bonds. The predicted octanol–water partition coefficient (Wildman–Crippen LogP) is 6.48. The Hall–Kier alpha value is -2.53. The van der Waals surface area contributed by atoms with Crippen LogP contribution >= 0.6 is 0 Å². The zero-order valence-electron chi connectivity index (χ0n) is 20.4. The Balaban J connectivity index is 0.000000332. The van der Waals surface area contributed by atoms with Crippen molar-refractivity contribution < 1.29 is 25.2 Å². The van der Waals surface area contributed by atoms with Crippen LogP contribution < -0.4 is 19.6 Å². The van der Waals surface area contributed by atoms with E-state index in [9.17, 15) is 0 Å². The smallest absolute Gasteiger partial charge is 0.0326 e. The van der Waals surface area contributed by atoms with Crippen LogP contribution in [0.2, 0.25) is 0 Å². The van der Waals surface area contributed by atoms with E-state index in [4.69, 9.17) is 5.11 Å². The van der Waals surface area contributed by atoms with Gasteiger partial charge in [0.25, 0.3) is 0 Å². The molecule has 3 aromatic rings. The van der Waals surface area contributed by atoms with Crippen LogP contribution in [0, 0.1) is 32.7 Å². The Morgan fingerprint density at radius 2 is 1.26 bits per heavy atom. The molecule has 35 heavy (non-hydrogen) atoms. The fraction of sp³-hybridized carbons (Fsp3) is 0.241. The Labute approximate surface area is 224 Å². The molecule has 0 aliphatic carbocycles. The molecule has 0 aromatic heterocycles. The molecule has 1 N–H and O–H groups in total. The number of rotatable bonds is 7. The maximum atomic E-state index is 8.32. The minimum absolute atomic E-state index is 0. The third-order valence-electron chi connectivity index (χ3n) is 5.89. The molecule has 2 heterocycles. The first-order valence-corrected chi connectivity index (χ1v) is 11.8. The van der Waals surface area contributed by atoms with Crippen LogP contribution in [0.15, 0.2) is 66.7 Å². The zero-order chi connectivity index (χ0) is 23.9. The molecule has 0 unspecified atom stereocenters. The fourth-order valence-corrected chi connectivity index (χ4v) is 4.16. The summed E-state index contributed by atoms with van der Waals surface area (Å²) in [4.78, 5) is 8.65. The number of hydrogen-bond acceptors (Lipinski definition) is 5. The van der Waals surface area contributed by atoms with E-state index in [-0.39, 0.29) is 26.7 Å². The van der Waals surface area contributed by atoms with Crippen LogP contribution in [0.4, 0.5) is 34.1 Å². The summed E-state index contributed by atoms with van der Waals surface area (Å²) in [7, 11) is 4.14.